The molecule has 26 heavy (non-hydrogen) atoms. The highest BCUT2D eigenvalue weighted by molar-refractivity contribution is 7.99. The lowest BCUT2D eigenvalue weighted by molar-refractivity contribution is -0.113. The minimum atomic E-state index is -0.430. The first-order valence-electron chi connectivity index (χ1n) is 8.23. The molecule has 0 radical (unpaired) electrons. The van der Waals surface area contributed by atoms with Crippen molar-refractivity contribution in [3.63, 3.8) is 0 Å². The number of carbonyl (C=O) groups is 1. The number of carbonyl (C=O) groups excluding carboxylic acids is 1. The molecule has 0 spiro atoms. The fourth-order valence-electron chi connectivity index (χ4n) is 2.72. The fourth-order valence-corrected chi connectivity index (χ4v) is 3.49. The first-order valence-corrected chi connectivity index (χ1v) is 9.22. The van der Waals surface area contributed by atoms with Crippen molar-refractivity contribution in [2.24, 2.45) is 0 Å². The van der Waals surface area contributed by atoms with E-state index in [0.717, 1.165) is 27.5 Å². The Morgan fingerprint density at radius 3 is 2.54 bits per heavy atom. The normalized spacial score (nSPS) is 10.8. The number of amides is 1. The molecule has 3 rings (SSSR count). The van der Waals surface area contributed by atoms with Crippen LogP contribution in [0.3, 0.4) is 0 Å². The van der Waals surface area contributed by atoms with Gasteiger partial charge in [-0.25, -0.2) is 9.37 Å². The number of nitrogens with one attached hydrogen (secondary N) is 1. The van der Waals surface area contributed by atoms with Gasteiger partial charge < -0.3 is 5.32 Å². The maximum absolute atomic E-state index is 13.8. The van der Waals surface area contributed by atoms with E-state index < -0.39 is 5.82 Å². The van der Waals surface area contributed by atoms with Crippen LogP contribution in [0.4, 0.5) is 10.1 Å². The van der Waals surface area contributed by atoms with Crippen molar-refractivity contribution >= 4 is 23.4 Å². The van der Waals surface area contributed by atoms with Crippen molar-refractivity contribution in [2.45, 2.75) is 25.9 Å². The van der Waals surface area contributed by atoms with Crippen LogP contribution in [0.1, 0.15) is 16.7 Å². The van der Waals surface area contributed by atoms with Gasteiger partial charge in [-0.15, -0.1) is 0 Å². The van der Waals surface area contributed by atoms with E-state index in [1.165, 1.54) is 17.8 Å². The number of hydrogen-bond acceptors (Lipinski definition) is 3. The zero-order valence-corrected chi connectivity index (χ0v) is 15.7. The molecule has 4 nitrogen and oxygen atoms in total. The van der Waals surface area contributed by atoms with Crippen molar-refractivity contribution in [1.29, 1.82) is 0 Å². The molecule has 0 saturated heterocycles. The zero-order valence-electron chi connectivity index (χ0n) is 14.9. The summed E-state index contributed by atoms with van der Waals surface area (Å²) in [6.07, 6.45) is 3.58. The van der Waals surface area contributed by atoms with Crippen LogP contribution < -0.4 is 5.32 Å². The van der Waals surface area contributed by atoms with E-state index in [2.05, 4.69) is 28.5 Å². The number of benzene rings is 2. The lowest BCUT2D eigenvalue weighted by Gasteiger charge is -2.10. The van der Waals surface area contributed by atoms with Crippen LogP contribution in [0.15, 0.2) is 53.9 Å². The molecule has 0 atom stereocenters. The van der Waals surface area contributed by atoms with Crippen molar-refractivity contribution in [1.82, 2.24) is 9.55 Å². The Morgan fingerprint density at radius 1 is 1.12 bits per heavy atom. The van der Waals surface area contributed by atoms with Crippen LogP contribution >= 0.6 is 11.8 Å². The minimum Gasteiger partial charge on any atom is -0.323 e. The Balaban J connectivity index is 1.69. The largest absolute Gasteiger partial charge is 0.323 e. The first-order chi connectivity index (χ1) is 12.4. The fraction of sp³-hybridized carbons (Fsp3) is 0.200. The monoisotopic (exact) mass is 369 g/mol. The number of imidazole rings is 1. The third kappa shape index (κ3) is 4.32. The van der Waals surface area contributed by atoms with Crippen LogP contribution in [0.2, 0.25) is 0 Å². The molecule has 3 aromatic rings. The van der Waals surface area contributed by atoms with Gasteiger partial charge in [-0.05, 0) is 61.7 Å². The number of anilines is 1. The number of halogens is 1. The maximum atomic E-state index is 13.8. The molecule has 0 unspecified atom stereocenters. The van der Waals surface area contributed by atoms with Crippen molar-refractivity contribution in [2.75, 3.05) is 11.1 Å². The molecule has 1 heterocycles. The van der Waals surface area contributed by atoms with E-state index in [0.29, 0.717) is 0 Å². The minimum absolute atomic E-state index is 0.148. The summed E-state index contributed by atoms with van der Waals surface area (Å²) < 4.78 is 15.8. The second kappa shape index (κ2) is 7.74. The summed E-state index contributed by atoms with van der Waals surface area (Å²) in [4.78, 5) is 16.5. The van der Waals surface area contributed by atoms with Crippen LogP contribution in [0.25, 0.3) is 5.69 Å². The van der Waals surface area contributed by atoms with Gasteiger partial charge in [0.1, 0.15) is 5.82 Å². The Kier molecular flexibility index (Phi) is 5.42. The molecule has 6 heteroatoms. The Bertz CT molecular complexity index is 932. The second-order valence-corrected chi connectivity index (χ2v) is 7.19. The Labute approximate surface area is 156 Å². The summed E-state index contributed by atoms with van der Waals surface area (Å²) >= 11 is 1.31. The highest BCUT2D eigenvalue weighted by Crippen LogP contribution is 2.23. The molecule has 0 fully saturated rings. The standard InChI is InChI=1S/C20H20FN3OS/c1-13-4-5-18(17(21)11-13)23-19(25)12-26-20-22-6-7-24(20)16-9-14(2)8-15(3)10-16/h4-11H,12H2,1-3H3,(H,23,25). The van der Waals surface area contributed by atoms with E-state index in [9.17, 15) is 9.18 Å². The van der Waals surface area contributed by atoms with Gasteiger partial charge in [-0.2, -0.15) is 0 Å². The highest BCUT2D eigenvalue weighted by atomic mass is 32.2. The number of nitrogens with zero attached hydrogens (tertiary/aromatic N) is 2. The van der Waals surface area contributed by atoms with Crippen molar-refractivity contribution in [3.8, 4) is 5.69 Å². The zero-order chi connectivity index (χ0) is 18.7. The number of thioether (sulfide) groups is 1. The van der Waals surface area contributed by atoms with E-state index >= 15 is 0 Å². The van der Waals surface area contributed by atoms with Gasteiger partial charge in [0.05, 0.1) is 11.4 Å². The summed E-state index contributed by atoms with van der Waals surface area (Å²) in [5.41, 5.74) is 4.34. The van der Waals surface area contributed by atoms with Gasteiger partial charge in [0, 0.05) is 18.1 Å². The van der Waals surface area contributed by atoms with Gasteiger partial charge in [0.25, 0.3) is 0 Å². The maximum Gasteiger partial charge on any atom is 0.234 e. The molecule has 134 valence electrons. The Morgan fingerprint density at radius 2 is 1.85 bits per heavy atom. The Hall–Kier alpha value is -2.60. The molecule has 1 N–H and O–H groups in total. The van der Waals surface area contributed by atoms with Crippen molar-refractivity contribution in [3.05, 3.63) is 71.3 Å². The van der Waals surface area contributed by atoms with Gasteiger partial charge in [-0.1, -0.05) is 23.9 Å². The number of rotatable bonds is 5. The summed E-state index contributed by atoms with van der Waals surface area (Å²) in [5.74, 6) is -0.553. The van der Waals surface area contributed by atoms with Crippen LogP contribution in [0, 0.1) is 26.6 Å². The van der Waals surface area contributed by atoms with E-state index in [-0.39, 0.29) is 17.3 Å². The second-order valence-electron chi connectivity index (χ2n) is 6.25. The summed E-state index contributed by atoms with van der Waals surface area (Å²) in [6.45, 7) is 5.89. The topological polar surface area (TPSA) is 46.9 Å². The average molecular weight is 369 g/mol. The van der Waals surface area contributed by atoms with Crippen molar-refractivity contribution < 1.29 is 9.18 Å². The lowest BCUT2D eigenvalue weighted by atomic mass is 10.1. The smallest absolute Gasteiger partial charge is 0.234 e. The summed E-state index contributed by atoms with van der Waals surface area (Å²) in [6, 6.07) is 11.0. The number of aromatic nitrogens is 2. The summed E-state index contributed by atoms with van der Waals surface area (Å²) in [7, 11) is 0. The lowest BCUT2D eigenvalue weighted by Crippen LogP contribution is -2.15. The molecule has 0 saturated carbocycles. The van der Waals surface area contributed by atoms with E-state index in [4.69, 9.17) is 0 Å². The molecular formula is C20H20FN3OS. The van der Waals surface area contributed by atoms with Crippen LogP contribution in [-0.4, -0.2) is 21.2 Å². The third-order valence-electron chi connectivity index (χ3n) is 3.82. The van der Waals surface area contributed by atoms with Crippen LogP contribution in [0.5, 0.6) is 0 Å². The molecule has 1 aromatic heterocycles. The molecule has 0 aliphatic carbocycles. The molecule has 1 amide bonds. The van der Waals surface area contributed by atoms with Gasteiger partial charge in [0.2, 0.25) is 5.91 Å². The molecule has 0 bridgehead atoms. The highest BCUT2D eigenvalue weighted by Gasteiger charge is 2.11. The third-order valence-corrected chi connectivity index (χ3v) is 4.79. The molecule has 0 aliphatic heterocycles. The van der Waals surface area contributed by atoms with Gasteiger partial charge in [0.15, 0.2) is 5.16 Å². The van der Waals surface area contributed by atoms with Gasteiger partial charge in [-0.3, -0.25) is 9.36 Å². The van der Waals surface area contributed by atoms with Crippen LogP contribution in [-0.2, 0) is 4.79 Å². The number of hydrogen-bond donors (Lipinski definition) is 1. The number of aryl methyl sites for hydroxylation is 3. The predicted octanol–water partition coefficient (Wildman–Crippen LogP) is 4.67. The first kappa shape index (κ1) is 18.2. The van der Waals surface area contributed by atoms with Gasteiger partial charge >= 0.3 is 0 Å². The summed E-state index contributed by atoms with van der Waals surface area (Å²) in [5, 5.41) is 3.32. The van der Waals surface area contributed by atoms with E-state index in [1.54, 1.807) is 25.3 Å². The quantitative estimate of drug-likeness (QED) is 0.665. The molecule has 2 aromatic carbocycles. The predicted molar refractivity (Wildman–Crippen MR) is 104 cm³/mol. The van der Waals surface area contributed by atoms with E-state index in [1.807, 2.05) is 24.6 Å². The average Bonchev–Trinajstić information content (AvgIpc) is 3.03. The molecular weight excluding hydrogens is 349 g/mol. The molecule has 0 aliphatic rings. The SMILES string of the molecule is Cc1cc(C)cc(-n2ccnc2SCC(=O)Nc2ccc(C)cc2F)c1.